The van der Waals surface area contributed by atoms with Crippen LogP contribution in [0.15, 0.2) is 12.1 Å². The lowest BCUT2D eigenvalue weighted by atomic mass is 9.77. The average Bonchev–Trinajstić information content (AvgIpc) is 2.66. The van der Waals surface area contributed by atoms with Crippen molar-refractivity contribution in [2.24, 2.45) is 5.92 Å². The van der Waals surface area contributed by atoms with Crippen LogP contribution in [-0.2, 0) is 4.79 Å². The quantitative estimate of drug-likeness (QED) is 0.665. The molecule has 0 bridgehead atoms. The van der Waals surface area contributed by atoms with Crippen LogP contribution in [0, 0.1) is 5.92 Å². The number of amides is 1. The number of nitrogens with two attached hydrogens (primary N) is 2. The zero-order chi connectivity index (χ0) is 12.7. The van der Waals surface area contributed by atoms with Gasteiger partial charge in [-0.05, 0) is 36.5 Å². The van der Waals surface area contributed by atoms with E-state index in [1.54, 1.807) is 6.07 Å². The summed E-state index contributed by atoms with van der Waals surface area (Å²) in [5.41, 5.74) is 14.7. The minimum absolute atomic E-state index is 0.0248. The van der Waals surface area contributed by atoms with E-state index in [0.717, 1.165) is 24.1 Å². The average molecular weight is 245 g/mol. The summed E-state index contributed by atoms with van der Waals surface area (Å²) >= 11 is 0. The fourth-order valence-corrected chi connectivity index (χ4v) is 3.30. The Kier molecular flexibility index (Phi) is 2.65. The standard InChI is InChI=1S/C14H19N3O/c15-10-6-9-12(7-11(10)16)17-14(18)13(9)8-4-2-1-3-5-8/h6-8,13H,1-5,15-16H2,(H,17,18). The van der Waals surface area contributed by atoms with Crippen LogP contribution in [0.4, 0.5) is 17.1 Å². The second-order valence-electron chi connectivity index (χ2n) is 5.43. The van der Waals surface area contributed by atoms with E-state index < -0.39 is 0 Å². The number of nitrogen functional groups attached to an aromatic ring is 2. The molecule has 0 aromatic heterocycles. The number of fused-ring (bicyclic) bond motifs is 1. The molecule has 1 saturated carbocycles. The van der Waals surface area contributed by atoms with Crippen LogP contribution < -0.4 is 16.8 Å². The normalized spacial score (nSPS) is 23.8. The highest BCUT2D eigenvalue weighted by Gasteiger charge is 2.37. The van der Waals surface area contributed by atoms with Crippen molar-refractivity contribution < 1.29 is 4.79 Å². The van der Waals surface area contributed by atoms with Gasteiger partial charge in [-0.1, -0.05) is 19.3 Å². The summed E-state index contributed by atoms with van der Waals surface area (Å²) in [6, 6.07) is 3.66. The Morgan fingerprint density at radius 2 is 1.72 bits per heavy atom. The zero-order valence-corrected chi connectivity index (χ0v) is 10.4. The van der Waals surface area contributed by atoms with Crippen molar-refractivity contribution in [3.63, 3.8) is 0 Å². The van der Waals surface area contributed by atoms with Crippen molar-refractivity contribution in [2.45, 2.75) is 38.0 Å². The summed E-state index contributed by atoms with van der Waals surface area (Å²) in [4.78, 5) is 12.2. The molecule has 3 rings (SSSR count). The molecule has 1 amide bonds. The molecule has 96 valence electrons. The van der Waals surface area contributed by atoms with Gasteiger partial charge in [0, 0.05) is 5.69 Å². The van der Waals surface area contributed by atoms with Gasteiger partial charge in [-0.25, -0.2) is 0 Å². The highest BCUT2D eigenvalue weighted by atomic mass is 16.2. The smallest absolute Gasteiger partial charge is 0.232 e. The Morgan fingerprint density at radius 3 is 2.44 bits per heavy atom. The molecule has 1 fully saturated rings. The predicted octanol–water partition coefficient (Wildman–Crippen LogP) is 2.47. The minimum atomic E-state index is -0.0248. The number of carbonyl (C=O) groups is 1. The van der Waals surface area contributed by atoms with E-state index in [1.165, 1.54) is 19.3 Å². The fraction of sp³-hybridized carbons (Fsp3) is 0.500. The predicted molar refractivity (Wildman–Crippen MR) is 73.2 cm³/mol. The molecule has 5 N–H and O–H groups in total. The van der Waals surface area contributed by atoms with E-state index in [0.29, 0.717) is 17.3 Å². The van der Waals surface area contributed by atoms with Gasteiger partial charge in [0.2, 0.25) is 5.91 Å². The molecular weight excluding hydrogens is 226 g/mol. The topological polar surface area (TPSA) is 81.1 Å². The van der Waals surface area contributed by atoms with Gasteiger partial charge in [0.05, 0.1) is 17.3 Å². The van der Waals surface area contributed by atoms with Gasteiger partial charge in [-0.2, -0.15) is 0 Å². The molecule has 0 spiro atoms. The lowest BCUT2D eigenvalue weighted by Gasteiger charge is -2.26. The number of hydrogen-bond donors (Lipinski definition) is 3. The van der Waals surface area contributed by atoms with Crippen molar-refractivity contribution in [1.29, 1.82) is 0 Å². The van der Waals surface area contributed by atoms with Crippen LogP contribution in [-0.4, -0.2) is 5.91 Å². The van der Waals surface area contributed by atoms with Gasteiger partial charge in [-0.3, -0.25) is 4.79 Å². The Hall–Kier alpha value is -1.71. The van der Waals surface area contributed by atoms with Crippen molar-refractivity contribution in [2.75, 3.05) is 16.8 Å². The molecule has 1 aromatic rings. The Bertz CT molecular complexity index is 492. The van der Waals surface area contributed by atoms with Crippen LogP contribution in [0.5, 0.6) is 0 Å². The summed E-state index contributed by atoms with van der Waals surface area (Å²) in [5.74, 6) is 0.549. The SMILES string of the molecule is Nc1cc2c(cc1N)C(C1CCCCC1)C(=O)N2. The molecule has 1 atom stereocenters. The maximum absolute atomic E-state index is 12.2. The molecular formula is C14H19N3O. The molecule has 18 heavy (non-hydrogen) atoms. The number of hydrogen-bond acceptors (Lipinski definition) is 3. The van der Waals surface area contributed by atoms with Gasteiger partial charge in [0.15, 0.2) is 0 Å². The van der Waals surface area contributed by atoms with Crippen molar-refractivity contribution >= 4 is 23.0 Å². The maximum Gasteiger partial charge on any atom is 0.232 e. The summed E-state index contributed by atoms with van der Waals surface area (Å²) in [6.07, 6.45) is 6.04. The number of benzene rings is 1. The summed E-state index contributed by atoms with van der Waals surface area (Å²) in [6.45, 7) is 0. The van der Waals surface area contributed by atoms with Crippen molar-refractivity contribution in [3.8, 4) is 0 Å². The van der Waals surface area contributed by atoms with Gasteiger partial charge >= 0.3 is 0 Å². The van der Waals surface area contributed by atoms with Crippen molar-refractivity contribution in [3.05, 3.63) is 17.7 Å². The highest BCUT2D eigenvalue weighted by molar-refractivity contribution is 6.04. The van der Waals surface area contributed by atoms with E-state index in [2.05, 4.69) is 5.32 Å². The number of nitrogens with one attached hydrogen (secondary N) is 1. The van der Waals surface area contributed by atoms with Crippen LogP contribution in [0.1, 0.15) is 43.6 Å². The van der Waals surface area contributed by atoms with Gasteiger partial charge < -0.3 is 16.8 Å². The first-order chi connectivity index (χ1) is 8.66. The molecule has 0 saturated heterocycles. The van der Waals surface area contributed by atoms with Gasteiger partial charge in [0.1, 0.15) is 0 Å². The van der Waals surface area contributed by atoms with Crippen molar-refractivity contribution in [1.82, 2.24) is 0 Å². The largest absolute Gasteiger partial charge is 0.397 e. The van der Waals surface area contributed by atoms with E-state index in [1.807, 2.05) is 6.07 Å². The number of anilines is 3. The molecule has 1 unspecified atom stereocenters. The van der Waals surface area contributed by atoms with Crippen LogP contribution in [0.2, 0.25) is 0 Å². The molecule has 1 heterocycles. The molecule has 2 aliphatic rings. The first kappa shape index (κ1) is 11.4. The van der Waals surface area contributed by atoms with Crippen LogP contribution in [0.3, 0.4) is 0 Å². The van der Waals surface area contributed by atoms with E-state index in [4.69, 9.17) is 11.5 Å². The third kappa shape index (κ3) is 1.72. The van der Waals surface area contributed by atoms with E-state index in [9.17, 15) is 4.79 Å². The van der Waals surface area contributed by atoms with Crippen LogP contribution in [0.25, 0.3) is 0 Å². The first-order valence-electron chi connectivity index (χ1n) is 6.66. The Labute approximate surface area is 107 Å². The zero-order valence-electron chi connectivity index (χ0n) is 10.4. The number of rotatable bonds is 1. The second kappa shape index (κ2) is 4.19. The molecule has 0 radical (unpaired) electrons. The second-order valence-corrected chi connectivity index (χ2v) is 5.43. The first-order valence-corrected chi connectivity index (χ1v) is 6.66. The lowest BCUT2D eigenvalue weighted by Crippen LogP contribution is -2.22. The minimum Gasteiger partial charge on any atom is -0.397 e. The Balaban J connectivity index is 1.97. The lowest BCUT2D eigenvalue weighted by molar-refractivity contribution is -0.118. The summed E-state index contributed by atoms with van der Waals surface area (Å²) in [5, 5.41) is 2.94. The molecule has 4 heteroatoms. The third-order valence-corrected chi connectivity index (χ3v) is 4.25. The van der Waals surface area contributed by atoms with E-state index >= 15 is 0 Å². The Morgan fingerprint density at radius 1 is 1.06 bits per heavy atom. The fourth-order valence-electron chi connectivity index (χ4n) is 3.30. The molecule has 1 aromatic carbocycles. The molecule has 4 nitrogen and oxygen atoms in total. The monoisotopic (exact) mass is 245 g/mol. The molecule has 1 aliphatic carbocycles. The highest BCUT2D eigenvalue weighted by Crippen LogP contribution is 2.44. The van der Waals surface area contributed by atoms with Gasteiger partial charge in [0.25, 0.3) is 0 Å². The summed E-state index contributed by atoms with van der Waals surface area (Å²) < 4.78 is 0. The number of carbonyl (C=O) groups excluding carboxylic acids is 1. The maximum atomic E-state index is 12.2. The molecule has 1 aliphatic heterocycles. The van der Waals surface area contributed by atoms with E-state index in [-0.39, 0.29) is 11.8 Å². The van der Waals surface area contributed by atoms with Crippen LogP contribution >= 0.6 is 0 Å². The summed E-state index contributed by atoms with van der Waals surface area (Å²) in [7, 11) is 0. The van der Waals surface area contributed by atoms with Gasteiger partial charge in [-0.15, -0.1) is 0 Å². The third-order valence-electron chi connectivity index (χ3n) is 4.25.